The lowest BCUT2D eigenvalue weighted by molar-refractivity contribution is 0.664. The highest BCUT2D eigenvalue weighted by Gasteiger charge is 2.09. The first-order valence-electron chi connectivity index (χ1n) is 4.50. The summed E-state index contributed by atoms with van der Waals surface area (Å²) in [7, 11) is 0. The Hall–Kier alpha value is -0.600. The number of hydrogen-bond donors (Lipinski definition) is 1. The van der Waals surface area contributed by atoms with Gasteiger partial charge in [0.1, 0.15) is 0 Å². The molecular weight excluding hydrogens is 226 g/mol. The van der Waals surface area contributed by atoms with Crippen molar-refractivity contribution >= 4 is 15.9 Å². The SMILES string of the molecule is Brc1ccccc1CC1C=CCN1. The van der Waals surface area contributed by atoms with Gasteiger partial charge in [-0.15, -0.1) is 0 Å². The third-order valence-corrected chi connectivity index (χ3v) is 3.04. The summed E-state index contributed by atoms with van der Waals surface area (Å²) in [4.78, 5) is 0. The minimum absolute atomic E-state index is 0.513. The van der Waals surface area contributed by atoms with Crippen LogP contribution in [-0.4, -0.2) is 12.6 Å². The fourth-order valence-corrected chi connectivity index (χ4v) is 2.01. The zero-order valence-electron chi connectivity index (χ0n) is 7.33. The zero-order chi connectivity index (χ0) is 9.10. The predicted molar refractivity (Wildman–Crippen MR) is 58.8 cm³/mol. The van der Waals surface area contributed by atoms with E-state index in [0.29, 0.717) is 6.04 Å². The Bertz CT molecular complexity index is 320. The molecule has 2 rings (SSSR count). The minimum Gasteiger partial charge on any atom is -0.307 e. The van der Waals surface area contributed by atoms with Crippen molar-refractivity contribution in [1.29, 1.82) is 0 Å². The van der Waals surface area contributed by atoms with Gasteiger partial charge in [-0.25, -0.2) is 0 Å². The fourth-order valence-electron chi connectivity index (χ4n) is 1.56. The van der Waals surface area contributed by atoms with Crippen LogP contribution in [0.2, 0.25) is 0 Å². The van der Waals surface area contributed by atoms with Crippen LogP contribution in [0.25, 0.3) is 0 Å². The van der Waals surface area contributed by atoms with Gasteiger partial charge in [0.2, 0.25) is 0 Å². The summed E-state index contributed by atoms with van der Waals surface area (Å²) in [6, 6.07) is 8.90. The lowest BCUT2D eigenvalue weighted by Crippen LogP contribution is -2.24. The minimum atomic E-state index is 0.513. The van der Waals surface area contributed by atoms with E-state index in [-0.39, 0.29) is 0 Å². The molecule has 1 atom stereocenters. The van der Waals surface area contributed by atoms with Gasteiger partial charge in [0.15, 0.2) is 0 Å². The van der Waals surface area contributed by atoms with Gasteiger partial charge in [-0.2, -0.15) is 0 Å². The largest absolute Gasteiger partial charge is 0.307 e. The van der Waals surface area contributed by atoms with Crippen molar-refractivity contribution in [1.82, 2.24) is 5.32 Å². The Labute approximate surface area is 87.0 Å². The van der Waals surface area contributed by atoms with E-state index in [1.165, 1.54) is 10.0 Å². The highest BCUT2D eigenvalue weighted by Crippen LogP contribution is 2.18. The molecule has 0 aliphatic carbocycles. The maximum atomic E-state index is 3.55. The molecule has 1 aromatic rings. The summed E-state index contributed by atoms with van der Waals surface area (Å²) < 4.78 is 1.21. The van der Waals surface area contributed by atoms with Gasteiger partial charge in [-0.3, -0.25) is 0 Å². The standard InChI is InChI=1S/C11H12BrN/c12-11-6-2-1-4-9(11)8-10-5-3-7-13-10/h1-6,10,13H,7-8H2. The number of halogens is 1. The molecule has 0 radical (unpaired) electrons. The van der Waals surface area contributed by atoms with E-state index in [1.807, 2.05) is 6.07 Å². The summed E-state index contributed by atoms with van der Waals surface area (Å²) in [5.74, 6) is 0. The quantitative estimate of drug-likeness (QED) is 0.780. The first-order chi connectivity index (χ1) is 6.36. The molecule has 0 amide bonds. The van der Waals surface area contributed by atoms with E-state index in [4.69, 9.17) is 0 Å². The molecule has 68 valence electrons. The third kappa shape index (κ3) is 2.20. The smallest absolute Gasteiger partial charge is 0.0294 e. The van der Waals surface area contributed by atoms with Crippen LogP contribution < -0.4 is 5.32 Å². The molecule has 1 unspecified atom stereocenters. The summed E-state index contributed by atoms with van der Waals surface area (Å²) in [5.41, 5.74) is 1.37. The van der Waals surface area contributed by atoms with E-state index in [9.17, 15) is 0 Å². The van der Waals surface area contributed by atoms with E-state index >= 15 is 0 Å². The second-order valence-electron chi connectivity index (χ2n) is 3.24. The second-order valence-corrected chi connectivity index (χ2v) is 4.09. The monoisotopic (exact) mass is 237 g/mol. The molecule has 0 aromatic heterocycles. The summed E-state index contributed by atoms with van der Waals surface area (Å²) in [5, 5.41) is 3.40. The Kier molecular flexibility index (Phi) is 2.81. The Balaban J connectivity index is 2.09. The van der Waals surface area contributed by atoms with Crippen LogP contribution in [0.1, 0.15) is 5.56 Å². The molecule has 0 bridgehead atoms. The van der Waals surface area contributed by atoms with Crippen LogP contribution in [0.3, 0.4) is 0 Å². The molecule has 1 aliphatic heterocycles. The van der Waals surface area contributed by atoms with Gasteiger partial charge >= 0.3 is 0 Å². The molecule has 0 saturated carbocycles. The van der Waals surface area contributed by atoms with Gasteiger partial charge < -0.3 is 5.32 Å². The van der Waals surface area contributed by atoms with Gasteiger partial charge in [0.05, 0.1) is 0 Å². The zero-order valence-corrected chi connectivity index (χ0v) is 8.92. The molecule has 1 aliphatic rings. The van der Waals surface area contributed by atoms with Crippen molar-refractivity contribution in [2.24, 2.45) is 0 Å². The summed E-state index contributed by atoms with van der Waals surface area (Å²) >= 11 is 3.55. The predicted octanol–water partition coefficient (Wildman–Crippen LogP) is 2.52. The first-order valence-corrected chi connectivity index (χ1v) is 5.29. The van der Waals surface area contributed by atoms with E-state index < -0.39 is 0 Å². The molecular formula is C11H12BrN. The fraction of sp³-hybridized carbons (Fsp3) is 0.273. The molecule has 1 heterocycles. The third-order valence-electron chi connectivity index (χ3n) is 2.26. The van der Waals surface area contributed by atoms with Gasteiger partial charge in [0.25, 0.3) is 0 Å². The van der Waals surface area contributed by atoms with Crippen molar-refractivity contribution in [2.45, 2.75) is 12.5 Å². The number of nitrogens with one attached hydrogen (secondary N) is 1. The Morgan fingerprint density at radius 2 is 2.23 bits per heavy atom. The highest BCUT2D eigenvalue weighted by atomic mass is 79.9. The van der Waals surface area contributed by atoms with Crippen LogP contribution in [0.4, 0.5) is 0 Å². The van der Waals surface area contributed by atoms with Crippen LogP contribution in [0, 0.1) is 0 Å². The van der Waals surface area contributed by atoms with Gasteiger partial charge in [0, 0.05) is 17.1 Å². The Morgan fingerprint density at radius 3 is 2.92 bits per heavy atom. The maximum Gasteiger partial charge on any atom is 0.0294 e. The topological polar surface area (TPSA) is 12.0 Å². The van der Waals surface area contributed by atoms with Crippen LogP contribution in [0.5, 0.6) is 0 Å². The van der Waals surface area contributed by atoms with Crippen molar-refractivity contribution in [3.63, 3.8) is 0 Å². The normalized spacial score (nSPS) is 20.8. The van der Waals surface area contributed by atoms with Crippen molar-refractivity contribution < 1.29 is 0 Å². The summed E-state index contributed by atoms with van der Waals surface area (Å²) in [6.07, 6.45) is 5.48. The van der Waals surface area contributed by atoms with E-state index in [1.54, 1.807) is 0 Å². The average molecular weight is 238 g/mol. The average Bonchev–Trinajstić information content (AvgIpc) is 2.61. The highest BCUT2D eigenvalue weighted by molar-refractivity contribution is 9.10. The molecule has 13 heavy (non-hydrogen) atoms. The number of hydrogen-bond acceptors (Lipinski definition) is 1. The molecule has 0 saturated heterocycles. The first kappa shape index (κ1) is 8.97. The second kappa shape index (κ2) is 4.07. The van der Waals surface area contributed by atoms with E-state index in [2.05, 4.69) is 51.6 Å². The van der Waals surface area contributed by atoms with Crippen molar-refractivity contribution in [3.05, 3.63) is 46.5 Å². The van der Waals surface area contributed by atoms with Crippen LogP contribution in [-0.2, 0) is 6.42 Å². The molecule has 1 nitrogen and oxygen atoms in total. The van der Waals surface area contributed by atoms with Crippen LogP contribution >= 0.6 is 15.9 Å². The number of benzene rings is 1. The number of rotatable bonds is 2. The van der Waals surface area contributed by atoms with Crippen molar-refractivity contribution in [2.75, 3.05) is 6.54 Å². The van der Waals surface area contributed by atoms with Crippen LogP contribution in [0.15, 0.2) is 40.9 Å². The van der Waals surface area contributed by atoms with Crippen molar-refractivity contribution in [3.8, 4) is 0 Å². The lowest BCUT2D eigenvalue weighted by Gasteiger charge is -2.10. The van der Waals surface area contributed by atoms with Gasteiger partial charge in [-0.1, -0.05) is 46.3 Å². The van der Waals surface area contributed by atoms with E-state index in [0.717, 1.165) is 13.0 Å². The molecule has 0 spiro atoms. The van der Waals surface area contributed by atoms with Gasteiger partial charge in [-0.05, 0) is 18.1 Å². The summed E-state index contributed by atoms with van der Waals surface area (Å²) in [6.45, 7) is 1.01. The molecule has 2 heteroatoms. The molecule has 1 N–H and O–H groups in total. The Morgan fingerprint density at radius 1 is 1.38 bits per heavy atom. The molecule has 1 aromatic carbocycles. The molecule has 0 fully saturated rings. The lowest BCUT2D eigenvalue weighted by atomic mass is 10.1. The maximum absolute atomic E-state index is 3.55.